The largest absolute Gasteiger partial charge is 0.508 e. The van der Waals surface area contributed by atoms with E-state index in [-0.39, 0.29) is 52.7 Å². The van der Waals surface area contributed by atoms with Crippen LogP contribution in [0.15, 0.2) is 30.5 Å². The molecule has 2 aromatic heterocycles. The molecule has 4 aliphatic heterocycles. The van der Waals surface area contributed by atoms with Crippen molar-refractivity contribution in [1.82, 2.24) is 29.5 Å². The van der Waals surface area contributed by atoms with Crippen LogP contribution in [0.25, 0.3) is 43.7 Å². The molecule has 0 saturated carbocycles. The molecule has 5 atom stereocenters. The molecule has 282 valence electrons. The van der Waals surface area contributed by atoms with Crippen molar-refractivity contribution in [3.63, 3.8) is 0 Å². The molecule has 0 spiro atoms. The summed E-state index contributed by atoms with van der Waals surface area (Å²) < 4.78 is 55.9. The number of aryl methyl sites for hydroxylation is 1. The van der Waals surface area contributed by atoms with Gasteiger partial charge in [-0.1, -0.05) is 18.9 Å². The number of anilines is 1. The fourth-order valence-corrected chi connectivity index (χ4v) is 10.2. The summed E-state index contributed by atoms with van der Waals surface area (Å²) in [4.78, 5) is 17.0. The molecule has 4 fully saturated rings. The molecule has 3 aromatic carbocycles. The van der Waals surface area contributed by atoms with E-state index in [0.29, 0.717) is 51.1 Å². The molecule has 2 bridgehead atoms. The first kappa shape index (κ1) is 35.5. The third-order valence-corrected chi connectivity index (χ3v) is 13.4. The highest BCUT2D eigenvalue weighted by Crippen LogP contribution is 2.47. The van der Waals surface area contributed by atoms with Gasteiger partial charge in [-0.25, -0.2) is 13.2 Å². The smallest absolute Gasteiger partial charge is 0.319 e. The van der Waals surface area contributed by atoms with Crippen LogP contribution in [0.4, 0.5) is 19.0 Å². The minimum atomic E-state index is -0.929. The van der Waals surface area contributed by atoms with Gasteiger partial charge in [0.2, 0.25) is 0 Å². The number of likely N-dealkylation sites (tertiary alicyclic amines) is 1. The third kappa shape index (κ3) is 5.75. The Morgan fingerprint density at radius 3 is 2.67 bits per heavy atom. The Labute approximate surface area is 316 Å². The van der Waals surface area contributed by atoms with Gasteiger partial charge >= 0.3 is 6.01 Å². The van der Waals surface area contributed by atoms with Crippen LogP contribution in [0.3, 0.4) is 0 Å². The number of rotatable bonds is 9. The molecule has 5 aromatic rings. The number of alkyl halides is 1. The van der Waals surface area contributed by atoms with Gasteiger partial charge in [-0.05, 0) is 80.6 Å². The number of benzene rings is 3. The molecule has 9 rings (SSSR count). The summed E-state index contributed by atoms with van der Waals surface area (Å²) in [5, 5.41) is 18.1. The minimum absolute atomic E-state index is 0.0286. The highest BCUT2D eigenvalue weighted by atomic mass is 32.2. The number of hydrogen-bond acceptors (Lipinski definition) is 9. The fourth-order valence-electron chi connectivity index (χ4n) is 9.82. The van der Waals surface area contributed by atoms with Gasteiger partial charge in [-0.3, -0.25) is 14.5 Å². The van der Waals surface area contributed by atoms with Crippen molar-refractivity contribution in [2.24, 2.45) is 7.05 Å². The van der Waals surface area contributed by atoms with Crippen LogP contribution in [0.2, 0.25) is 0 Å². The Morgan fingerprint density at radius 1 is 1.11 bits per heavy atom. The highest BCUT2D eigenvalue weighted by Gasteiger charge is 2.50. The van der Waals surface area contributed by atoms with Gasteiger partial charge in [0.15, 0.2) is 5.82 Å². The van der Waals surface area contributed by atoms with Gasteiger partial charge in [0.1, 0.15) is 41.2 Å². The Balaban J connectivity index is 1.24. The van der Waals surface area contributed by atoms with E-state index < -0.39 is 23.3 Å². The van der Waals surface area contributed by atoms with Crippen molar-refractivity contribution in [3.05, 3.63) is 47.7 Å². The van der Waals surface area contributed by atoms with Gasteiger partial charge in [0, 0.05) is 73.0 Å². The zero-order chi connectivity index (χ0) is 37.5. The summed E-state index contributed by atoms with van der Waals surface area (Å²) in [6.07, 6.45) is 14.1. The monoisotopic (exact) mass is 755 g/mol. The predicted molar refractivity (Wildman–Crippen MR) is 208 cm³/mol. The molecule has 9 nitrogen and oxygen atoms in total. The van der Waals surface area contributed by atoms with Crippen LogP contribution in [0.1, 0.15) is 51.0 Å². The number of hydrogen-bond donors (Lipinski definition) is 1. The number of fused-ring (bicyclic) bond motifs is 7. The number of nitrogens with zero attached hydrogens (tertiary/aromatic N) is 7. The maximum atomic E-state index is 17.8. The van der Waals surface area contributed by atoms with Gasteiger partial charge in [-0.2, -0.15) is 26.8 Å². The Hall–Kier alpha value is -4.25. The van der Waals surface area contributed by atoms with Gasteiger partial charge in [-0.15, -0.1) is 6.42 Å². The van der Waals surface area contributed by atoms with Crippen molar-refractivity contribution < 1.29 is 23.0 Å². The predicted octanol–water partition coefficient (Wildman–Crippen LogP) is 7.05. The second-order valence-corrected chi connectivity index (χ2v) is 17.0. The van der Waals surface area contributed by atoms with Crippen molar-refractivity contribution in [1.29, 1.82) is 0 Å². The first-order valence-electron chi connectivity index (χ1n) is 18.9. The number of phenolic OH excluding ortho intramolecular Hbond substituents is 1. The molecule has 54 heavy (non-hydrogen) atoms. The van der Waals surface area contributed by atoms with E-state index in [2.05, 4.69) is 33.8 Å². The minimum Gasteiger partial charge on any atom is -0.508 e. The van der Waals surface area contributed by atoms with Gasteiger partial charge < -0.3 is 14.7 Å². The number of aromatic nitrogens is 4. The molecule has 1 unspecified atom stereocenters. The van der Waals surface area contributed by atoms with E-state index in [9.17, 15) is 9.50 Å². The van der Waals surface area contributed by atoms with E-state index in [1.165, 1.54) is 24.3 Å². The average molecular weight is 756 g/mol. The zero-order valence-electron chi connectivity index (χ0n) is 30.8. The van der Waals surface area contributed by atoms with Crippen molar-refractivity contribution >= 4 is 50.2 Å². The molecule has 0 aliphatic carbocycles. The SMILES string of the molecule is C#Cc1c(F)ccc2cc(O)cc(-c3c(F)c4nc(OC[C@@]56CCCN5C[C@H](F)C6)nc(N5[C@@H]6CC[C@H]5CN(CCC(C)SC)C6)c4c4cn(C)nc34)c12. The summed E-state index contributed by atoms with van der Waals surface area (Å²) in [5.74, 6) is 1.58. The molecule has 4 saturated heterocycles. The second-order valence-electron chi connectivity index (χ2n) is 15.7. The van der Waals surface area contributed by atoms with E-state index in [0.717, 1.165) is 58.3 Å². The molecule has 13 heteroatoms. The number of ether oxygens (including phenoxy) is 1. The van der Waals surface area contributed by atoms with Crippen LogP contribution in [-0.2, 0) is 7.05 Å². The average Bonchev–Trinajstić information content (AvgIpc) is 3.88. The maximum absolute atomic E-state index is 17.8. The quantitative estimate of drug-likeness (QED) is 0.159. The fraction of sp³-hybridized carbons (Fsp3) is 0.488. The van der Waals surface area contributed by atoms with Crippen molar-refractivity contribution in [2.75, 3.05) is 50.5 Å². The molecule has 6 heterocycles. The lowest BCUT2D eigenvalue weighted by Gasteiger charge is -2.42. The Bertz CT molecular complexity index is 2330. The Morgan fingerprint density at radius 2 is 1.91 bits per heavy atom. The zero-order valence-corrected chi connectivity index (χ0v) is 31.6. The first-order valence-corrected chi connectivity index (χ1v) is 20.2. The lowest BCUT2D eigenvalue weighted by molar-refractivity contribution is 0.107. The first-order chi connectivity index (χ1) is 26.1. The number of thioether (sulfide) groups is 1. The number of terminal acetylenes is 1. The lowest BCUT2D eigenvalue weighted by atomic mass is 9.91. The van der Waals surface area contributed by atoms with E-state index in [4.69, 9.17) is 26.2 Å². The summed E-state index contributed by atoms with van der Waals surface area (Å²) in [5.41, 5.74) is 0.108. The molecular weight excluding hydrogens is 712 g/mol. The molecule has 0 radical (unpaired) electrons. The summed E-state index contributed by atoms with van der Waals surface area (Å²) in [6.45, 7) is 6.39. The summed E-state index contributed by atoms with van der Waals surface area (Å²) >= 11 is 1.88. The molecule has 1 N–H and O–H groups in total. The highest BCUT2D eigenvalue weighted by molar-refractivity contribution is 7.99. The number of aromatic hydroxyl groups is 1. The molecule has 0 amide bonds. The van der Waals surface area contributed by atoms with Crippen LogP contribution in [0, 0.1) is 24.0 Å². The second kappa shape index (κ2) is 13.5. The standard InChI is InChI=1S/C41H44F3N7O2S/c1-5-29-32(43)10-7-24-15-28(52)16-30(33(24)29)34-36(44)38-35(31-21-48(3)47-37(31)34)39(51-26-8-9-27(51)20-49(19-26)14-11-23(2)54-4)46-40(45-38)53-22-41-12-6-13-50(41)18-25(42)17-41/h1,7,10,15-16,21,23,25-27,52H,6,8-9,11-14,17-20,22H2,2-4H3/t23?,25-,26-,27+,41+/m1/s1. The summed E-state index contributed by atoms with van der Waals surface area (Å²) in [6, 6.07) is 5.97. The lowest BCUT2D eigenvalue weighted by Crippen LogP contribution is -2.54. The maximum Gasteiger partial charge on any atom is 0.319 e. The number of halogens is 3. The molecular formula is C41H44F3N7O2S. The van der Waals surface area contributed by atoms with E-state index in [1.807, 2.05) is 18.0 Å². The topological polar surface area (TPSA) is 82.8 Å². The Kier molecular flexibility index (Phi) is 8.86. The summed E-state index contributed by atoms with van der Waals surface area (Å²) in [7, 11) is 1.77. The van der Waals surface area contributed by atoms with Gasteiger partial charge in [0.05, 0.1) is 16.5 Å². The van der Waals surface area contributed by atoms with E-state index in [1.54, 1.807) is 11.7 Å². The van der Waals surface area contributed by atoms with Crippen molar-refractivity contribution in [3.8, 4) is 35.2 Å². The van der Waals surface area contributed by atoms with E-state index >= 15 is 8.78 Å². The van der Waals surface area contributed by atoms with Crippen molar-refractivity contribution in [2.45, 2.75) is 74.5 Å². The van der Waals surface area contributed by atoms with Gasteiger partial charge in [0.25, 0.3) is 0 Å². The van der Waals surface area contributed by atoms with Crippen LogP contribution in [-0.4, -0.2) is 109 Å². The number of piperazine rings is 1. The normalized spacial score (nSPS) is 24.9. The third-order valence-electron chi connectivity index (χ3n) is 12.4. The van der Waals surface area contributed by atoms with Crippen LogP contribution in [0.5, 0.6) is 11.8 Å². The number of phenols is 1. The van der Waals surface area contributed by atoms with Crippen LogP contribution < -0.4 is 9.64 Å². The van der Waals surface area contributed by atoms with Crippen LogP contribution >= 0.6 is 11.8 Å². The molecule has 4 aliphatic rings.